The van der Waals surface area contributed by atoms with Crippen LogP contribution in [0.15, 0.2) is 41.3 Å². The Morgan fingerprint density at radius 1 is 1.12 bits per heavy atom. The molecule has 0 heterocycles. The molecule has 7 nitrogen and oxygen atoms in total. The van der Waals surface area contributed by atoms with Crippen molar-refractivity contribution in [3.63, 3.8) is 0 Å². The summed E-state index contributed by atoms with van der Waals surface area (Å²) in [4.78, 5) is 25.5. The highest BCUT2D eigenvalue weighted by Gasteiger charge is 2.27. The van der Waals surface area contributed by atoms with Crippen LogP contribution in [0.25, 0.3) is 0 Å². The van der Waals surface area contributed by atoms with Gasteiger partial charge in [0, 0.05) is 23.7 Å². The largest absolute Gasteiger partial charge is 0.481 e. The molecule has 2 aromatic carbocycles. The van der Waals surface area contributed by atoms with E-state index in [2.05, 4.69) is 11.8 Å². The third-order valence-corrected chi connectivity index (χ3v) is 7.36. The Labute approximate surface area is 205 Å². The van der Waals surface area contributed by atoms with Crippen LogP contribution in [0.1, 0.15) is 55.6 Å². The fourth-order valence-electron chi connectivity index (χ4n) is 3.11. The normalized spacial score (nSPS) is 11.0. The average Bonchev–Trinajstić information content (AvgIpc) is 2.79. The molecule has 0 aliphatic rings. The second-order valence-corrected chi connectivity index (χ2v) is 10.7. The number of hydrogen-bond donors (Lipinski definition) is 1. The smallest absolute Gasteiger partial charge is 0.341 e. The lowest BCUT2D eigenvalue weighted by atomic mass is 10.1. The van der Waals surface area contributed by atoms with Crippen molar-refractivity contribution in [2.75, 3.05) is 19.7 Å². The summed E-state index contributed by atoms with van der Waals surface area (Å²) in [6.07, 6.45) is 0.751. The molecule has 0 atom stereocenters. The number of halogens is 1. The van der Waals surface area contributed by atoms with Crippen LogP contribution in [0.4, 0.5) is 0 Å². The van der Waals surface area contributed by atoms with Crippen LogP contribution >= 0.6 is 11.6 Å². The molecule has 0 fully saturated rings. The lowest BCUT2D eigenvalue weighted by Gasteiger charge is -2.22. The van der Waals surface area contributed by atoms with Crippen LogP contribution in [0.3, 0.4) is 0 Å². The van der Waals surface area contributed by atoms with Crippen LogP contribution in [0, 0.1) is 11.8 Å². The van der Waals surface area contributed by atoms with Gasteiger partial charge in [-0.3, -0.25) is 4.79 Å². The van der Waals surface area contributed by atoms with Crippen molar-refractivity contribution in [2.24, 2.45) is 0 Å². The highest BCUT2D eigenvalue weighted by molar-refractivity contribution is 7.92. The zero-order valence-electron chi connectivity index (χ0n) is 19.6. The molecule has 1 amide bonds. The molecule has 0 aliphatic carbocycles. The highest BCUT2D eigenvalue weighted by Crippen LogP contribution is 2.25. The molecular weight excluding hydrogens is 478 g/mol. The number of aliphatic carboxylic acids is 1. The van der Waals surface area contributed by atoms with Crippen molar-refractivity contribution in [3.8, 4) is 17.6 Å². The monoisotopic (exact) mass is 505 g/mol. The maximum Gasteiger partial charge on any atom is 0.341 e. The van der Waals surface area contributed by atoms with Gasteiger partial charge in [-0.25, -0.2) is 13.2 Å². The van der Waals surface area contributed by atoms with Crippen LogP contribution in [-0.4, -0.2) is 55.2 Å². The molecule has 0 spiro atoms. The van der Waals surface area contributed by atoms with E-state index in [4.69, 9.17) is 21.4 Å². The standard InChI is InChI=1S/C25H28ClNO6S/c1-5-13-27(6-2)25(30)21-11-8-18(14-23(21)34(31,32)17(3)4)7-9-19-15-20(26)10-12-22(19)33-16-24(28)29/h8,10-12,14-15,17H,5-6,13,16H2,1-4H3,(H,28,29). The molecule has 0 aromatic heterocycles. The molecule has 9 heteroatoms. The van der Waals surface area contributed by atoms with Gasteiger partial charge < -0.3 is 14.7 Å². The molecule has 0 radical (unpaired) electrons. The Morgan fingerprint density at radius 3 is 2.41 bits per heavy atom. The van der Waals surface area contributed by atoms with E-state index in [-0.39, 0.29) is 22.1 Å². The minimum Gasteiger partial charge on any atom is -0.481 e. The molecule has 0 aliphatic heterocycles. The van der Waals surface area contributed by atoms with Crippen molar-refractivity contribution in [1.82, 2.24) is 4.90 Å². The third kappa shape index (κ3) is 6.75. The van der Waals surface area contributed by atoms with Gasteiger partial charge >= 0.3 is 5.97 Å². The number of ether oxygens (including phenoxy) is 1. The first kappa shape index (κ1) is 27.2. The van der Waals surface area contributed by atoms with Crippen LogP contribution in [0.5, 0.6) is 5.75 Å². The van der Waals surface area contributed by atoms with E-state index in [1.165, 1.54) is 24.3 Å². The zero-order valence-corrected chi connectivity index (χ0v) is 21.2. The Balaban J connectivity index is 2.57. The summed E-state index contributed by atoms with van der Waals surface area (Å²) in [6, 6.07) is 9.06. The Morgan fingerprint density at radius 2 is 1.82 bits per heavy atom. The molecule has 2 aromatic rings. The minimum absolute atomic E-state index is 0.0673. The topological polar surface area (TPSA) is 101 Å². The first-order valence-corrected chi connectivity index (χ1v) is 12.8. The number of sulfone groups is 1. The van der Waals surface area contributed by atoms with Gasteiger partial charge in [-0.2, -0.15) is 0 Å². The fourth-order valence-corrected chi connectivity index (χ4v) is 4.55. The van der Waals surface area contributed by atoms with Crippen molar-refractivity contribution in [2.45, 2.75) is 44.3 Å². The van der Waals surface area contributed by atoms with E-state index in [1.54, 1.807) is 30.9 Å². The fraction of sp³-hybridized carbons (Fsp3) is 0.360. The van der Waals surface area contributed by atoms with Gasteiger partial charge in [0.05, 0.1) is 21.3 Å². The predicted molar refractivity (Wildman–Crippen MR) is 131 cm³/mol. The number of hydrogen-bond acceptors (Lipinski definition) is 5. The SMILES string of the molecule is CCCN(CC)C(=O)c1ccc(C#Cc2cc(Cl)ccc2OCC(=O)O)cc1S(=O)(=O)C(C)C. The van der Waals surface area contributed by atoms with Gasteiger partial charge in [-0.15, -0.1) is 0 Å². The molecule has 2 rings (SSSR count). The summed E-state index contributed by atoms with van der Waals surface area (Å²) in [5, 5.41) is 8.52. The molecular formula is C25H28ClNO6S. The molecule has 182 valence electrons. The number of carboxylic acids is 1. The van der Waals surface area contributed by atoms with Crippen molar-refractivity contribution in [1.29, 1.82) is 0 Å². The van der Waals surface area contributed by atoms with E-state index >= 15 is 0 Å². The lowest BCUT2D eigenvalue weighted by molar-refractivity contribution is -0.139. The van der Waals surface area contributed by atoms with E-state index < -0.39 is 27.7 Å². The first-order chi connectivity index (χ1) is 16.0. The van der Waals surface area contributed by atoms with E-state index in [0.717, 1.165) is 6.42 Å². The predicted octanol–water partition coefficient (Wildman–Crippen LogP) is 4.26. The first-order valence-electron chi connectivity index (χ1n) is 10.8. The van der Waals surface area contributed by atoms with Crippen LogP contribution < -0.4 is 4.74 Å². The Kier molecular flexibility index (Phi) is 9.54. The van der Waals surface area contributed by atoms with E-state index in [0.29, 0.717) is 29.2 Å². The van der Waals surface area contributed by atoms with Gasteiger partial charge in [-0.1, -0.05) is 30.4 Å². The number of amides is 1. The molecule has 34 heavy (non-hydrogen) atoms. The highest BCUT2D eigenvalue weighted by atomic mass is 35.5. The molecule has 1 N–H and O–H groups in total. The number of nitrogens with zero attached hydrogens (tertiary/aromatic N) is 1. The van der Waals surface area contributed by atoms with Gasteiger partial charge in [0.1, 0.15) is 5.75 Å². The van der Waals surface area contributed by atoms with Crippen LogP contribution in [0.2, 0.25) is 5.02 Å². The summed E-state index contributed by atoms with van der Waals surface area (Å²) < 4.78 is 31.4. The summed E-state index contributed by atoms with van der Waals surface area (Å²) in [7, 11) is -3.77. The minimum atomic E-state index is -3.77. The lowest BCUT2D eigenvalue weighted by Crippen LogP contribution is -2.33. The second kappa shape index (κ2) is 11.9. The maximum atomic E-state index is 13.1. The summed E-state index contributed by atoms with van der Waals surface area (Å²) in [5.74, 6) is 4.49. The average molecular weight is 506 g/mol. The quantitative estimate of drug-likeness (QED) is 0.511. The van der Waals surface area contributed by atoms with E-state index in [1.807, 2.05) is 13.8 Å². The van der Waals surface area contributed by atoms with Crippen molar-refractivity contribution < 1.29 is 27.9 Å². The van der Waals surface area contributed by atoms with E-state index in [9.17, 15) is 18.0 Å². The summed E-state index contributed by atoms with van der Waals surface area (Å²) in [6.45, 7) is 7.35. The van der Waals surface area contributed by atoms with Gasteiger partial charge in [0.15, 0.2) is 16.4 Å². The van der Waals surface area contributed by atoms with Crippen molar-refractivity contribution >= 4 is 33.3 Å². The third-order valence-electron chi connectivity index (χ3n) is 4.94. The number of carboxylic acid groups (broad SMARTS) is 1. The second-order valence-electron chi connectivity index (χ2n) is 7.76. The molecule has 0 bridgehead atoms. The molecule has 0 saturated heterocycles. The number of carbonyl (C=O) groups is 2. The van der Waals surface area contributed by atoms with Gasteiger partial charge in [-0.05, 0) is 63.6 Å². The Bertz CT molecular complexity index is 1230. The summed E-state index contributed by atoms with van der Waals surface area (Å²) >= 11 is 6.04. The maximum absolute atomic E-state index is 13.1. The number of rotatable bonds is 9. The number of carbonyl (C=O) groups excluding carboxylic acids is 1. The molecule has 0 saturated carbocycles. The van der Waals surface area contributed by atoms with Gasteiger partial charge in [0.2, 0.25) is 0 Å². The van der Waals surface area contributed by atoms with Crippen LogP contribution in [-0.2, 0) is 14.6 Å². The number of benzene rings is 2. The van der Waals surface area contributed by atoms with Gasteiger partial charge in [0.25, 0.3) is 5.91 Å². The molecule has 0 unspecified atom stereocenters. The Hall–Kier alpha value is -3.02. The van der Waals surface area contributed by atoms with Crippen molar-refractivity contribution in [3.05, 3.63) is 58.1 Å². The zero-order chi connectivity index (χ0) is 25.5. The summed E-state index contributed by atoms with van der Waals surface area (Å²) in [5.41, 5.74) is 0.837.